The molecule has 0 bridgehead atoms. The van der Waals surface area contributed by atoms with Crippen molar-refractivity contribution in [2.24, 2.45) is 0 Å². The van der Waals surface area contributed by atoms with E-state index in [1.165, 1.54) is 18.4 Å². The van der Waals surface area contributed by atoms with Crippen molar-refractivity contribution in [3.8, 4) is 0 Å². The number of carbonyl (C=O) groups excluding carboxylic acids is 2. The summed E-state index contributed by atoms with van der Waals surface area (Å²) in [4.78, 5) is 24.9. The first-order valence-corrected chi connectivity index (χ1v) is 7.32. The van der Waals surface area contributed by atoms with Gasteiger partial charge >= 0.3 is 5.97 Å². The first kappa shape index (κ1) is 15.2. The Morgan fingerprint density at radius 3 is 2.67 bits per heavy atom. The van der Waals surface area contributed by atoms with Gasteiger partial charge in [0.2, 0.25) is 0 Å². The largest absolute Gasteiger partial charge is 0.465 e. The van der Waals surface area contributed by atoms with E-state index >= 15 is 0 Å². The van der Waals surface area contributed by atoms with Crippen LogP contribution in [0.4, 0.5) is 5.00 Å². The molecule has 0 radical (unpaired) electrons. The summed E-state index contributed by atoms with van der Waals surface area (Å²) in [6.45, 7) is 6.29. The van der Waals surface area contributed by atoms with Gasteiger partial charge in [-0.25, -0.2) is 4.79 Å². The second-order valence-corrected chi connectivity index (χ2v) is 5.79. The van der Waals surface area contributed by atoms with Gasteiger partial charge in [0.15, 0.2) is 0 Å². The molecule has 0 saturated heterocycles. The van der Waals surface area contributed by atoms with Crippen molar-refractivity contribution < 1.29 is 14.3 Å². The molecule has 7 heteroatoms. The Morgan fingerprint density at radius 2 is 2.10 bits per heavy atom. The lowest BCUT2D eigenvalue weighted by Crippen LogP contribution is -2.14. The number of esters is 1. The van der Waals surface area contributed by atoms with Gasteiger partial charge in [-0.3, -0.25) is 9.48 Å². The summed E-state index contributed by atoms with van der Waals surface area (Å²) in [5, 5.41) is 7.50. The number of rotatable bonds is 4. The van der Waals surface area contributed by atoms with Crippen molar-refractivity contribution in [3.63, 3.8) is 0 Å². The molecule has 2 aromatic heterocycles. The van der Waals surface area contributed by atoms with Crippen molar-refractivity contribution in [2.45, 2.75) is 27.3 Å². The average Bonchev–Trinajstić information content (AvgIpc) is 3.00. The minimum Gasteiger partial charge on any atom is -0.465 e. The summed E-state index contributed by atoms with van der Waals surface area (Å²) in [7, 11) is 1.32. The molecule has 0 aliphatic carbocycles. The molecule has 0 aliphatic heterocycles. The molecular formula is C14H17N3O3S. The van der Waals surface area contributed by atoms with Gasteiger partial charge in [0.1, 0.15) is 5.00 Å². The standard InChI is InChI=1S/C14H17N3O3S/c1-5-17-7-11(9(3)16-17)12(18)15-13-10(14(19)20-4)6-8(2)21-13/h6-7H,5H2,1-4H3,(H,15,18). The zero-order valence-electron chi connectivity index (χ0n) is 12.4. The predicted octanol–water partition coefficient (Wildman–Crippen LogP) is 2.62. The minimum atomic E-state index is -0.462. The van der Waals surface area contributed by atoms with Crippen LogP contribution in [0.25, 0.3) is 0 Å². The van der Waals surface area contributed by atoms with E-state index in [1.807, 2.05) is 13.8 Å². The Kier molecular flexibility index (Phi) is 4.42. The fourth-order valence-electron chi connectivity index (χ4n) is 1.94. The first-order valence-electron chi connectivity index (χ1n) is 6.50. The Morgan fingerprint density at radius 1 is 1.38 bits per heavy atom. The Labute approximate surface area is 126 Å². The number of nitrogens with one attached hydrogen (secondary N) is 1. The fraction of sp³-hybridized carbons (Fsp3) is 0.357. The Hall–Kier alpha value is -2.15. The van der Waals surface area contributed by atoms with Crippen LogP contribution in [-0.2, 0) is 11.3 Å². The van der Waals surface area contributed by atoms with Crippen LogP contribution in [0.5, 0.6) is 0 Å². The lowest BCUT2D eigenvalue weighted by molar-refractivity contribution is 0.0602. The minimum absolute atomic E-state index is 0.279. The smallest absolute Gasteiger partial charge is 0.340 e. The molecule has 2 rings (SSSR count). The molecule has 0 aliphatic rings. The van der Waals surface area contributed by atoms with Gasteiger partial charge in [-0.1, -0.05) is 0 Å². The number of anilines is 1. The fourth-order valence-corrected chi connectivity index (χ4v) is 2.84. The Balaban J connectivity index is 2.27. The van der Waals surface area contributed by atoms with E-state index in [-0.39, 0.29) is 5.91 Å². The van der Waals surface area contributed by atoms with Crippen molar-refractivity contribution in [1.82, 2.24) is 9.78 Å². The topological polar surface area (TPSA) is 73.2 Å². The quantitative estimate of drug-likeness (QED) is 0.881. The summed E-state index contributed by atoms with van der Waals surface area (Å²) >= 11 is 1.34. The lowest BCUT2D eigenvalue weighted by atomic mass is 10.2. The zero-order valence-corrected chi connectivity index (χ0v) is 13.2. The van der Waals surface area contributed by atoms with Gasteiger partial charge < -0.3 is 10.1 Å². The van der Waals surface area contributed by atoms with Crippen LogP contribution in [0.15, 0.2) is 12.3 Å². The first-order chi connectivity index (χ1) is 9.96. The molecule has 112 valence electrons. The van der Waals surface area contributed by atoms with Gasteiger partial charge in [-0.05, 0) is 26.8 Å². The summed E-state index contributed by atoms with van der Waals surface area (Å²) in [6.07, 6.45) is 1.70. The molecule has 0 saturated carbocycles. The number of hydrogen-bond donors (Lipinski definition) is 1. The monoisotopic (exact) mass is 307 g/mol. The maximum absolute atomic E-state index is 12.3. The van der Waals surface area contributed by atoms with Crippen molar-refractivity contribution in [3.05, 3.63) is 34.0 Å². The molecule has 21 heavy (non-hydrogen) atoms. The zero-order chi connectivity index (χ0) is 15.6. The summed E-state index contributed by atoms with van der Waals surface area (Å²) in [5.41, 5.74) is 1.52. The van der Waals surface area contributed by atoms with Crippen LogP contribution in [-0.4, -0.2) is 28.8 Å². The number of methoxy groups -OCH3 is 1. The van der Waals surface area contributed by atoms with E-state index in [4.69, 9.17) is 4.74 Å². The summed E-state index contributed by atoms with van der Waals surface area (Å²) < 4.78 is 6.42. The van der Waals surface area contributed by atoms with Gasteiger partial charge in [0, 0.05) is 17.6 Å². The molecule has 6 nitrogen and oxygen atoms in total. The molecule has 0 atom stereocenters. The summed E-state index contributed by atoms with van der Waals surface area (Å²) in [5.74, 6) is -0.741. The molecule has 0 unspecified atom stereocenters. The van der Waals surface area contributed by atoms with E-state index in [0.29, 0.717) is 28.4 Å². The van der Waals surface area contributed by atoms with E-state index in [9.17, 15) is 9.59 Å². The predicted molar refractivity (Wildman–Crippen MR) is 81.0 cm³/mol. The average molecular weight is 307 g/mol. The lowest BCUT2D eigenvalue weighted by Gasteiger charge is -2.04. The molecular weight excluding hydrogens is 290 g/mol. The number of hydrogen-bond acceptors (Lipinski definition) is 5. The highest BCUT2D eigenvalue weighted by molar-refractivity contribution is 7.16. The van der Waals surface area contributed by atoms with Gasteiger partial charge in [-0.2, -0.15) is 5.10 Å². The third-order valence-corrected chi connectivity index (χ3v) is 3.97. The van der Waals surface area contributed by atoms with Crippen LogP contribution < -0.4 is 5.32 Å². The number of amides is 1. The van der Waals surface area contributed by atoms with E-state index in [0.717, 1.165) is 4.88 Å². The Bertz CT molecular complexity index is 688. The maximum atomic E-state index is 12.3. The highest BCUT2D eigenvalue weighted by Gasteiger charge is 2.20. The molecule has 0 fully saturated rings. The van der Waals surface area contributed by atoms with Crippen LogP contribution in [0.2, 0.25) is 0 Å². The van der Waals surface area contributed by atoms with Crippen molar-refractivity contribution >= 4 is 28.2 Å². The van der Waals surface area contributed by atoms with Crippen molar-refractivity contribution in [1.29, 1.82) is 0 Å². The third kappa shape index (κ3) is 3.13. The van der Waals surface area contributed by atoms with E-state index < -0.39 is 5.97 Å². The van der Waals surface area contributed by atoms with E-state index in [1.54, 1.807) is 23.9 Å². The van der Waals surface area contributed by atoms with Gasteiger partial charge in [0.25, 0.3) is 5.91 Å². The number of aryl methyl sites for hydroxylation is 3. The second kappa shape index (κ2) is 6.09. The van der Waals surface area contributed by atoms with Crippen LogP contribution in [0, 0.1) is 13.8 Å². The SMILES string of the molecule is CCn1cc(C(=O)Nc2sc(C)cc2C(=O)OC)c(C)n1. The van der Waals surface area contributed by atoms with Crippen LogP contribution in [0.3, 0.4) is 0 Å². The van der Waals surface area contributed by atoms with Crippen LogP contribution >= 0.6 is 11.3 Å². The molecule has 1 N–H and O–H groups in total. The number of thiophene rings is 1. The number of nitrogens with zero attached hydrogens (tertiary/aromatic N) is 2. The highest BCUT2D eigenvalue weighted by atomic mass is 32.1. The molecule has 2 aromatic rings. The maximum Gasteiger partial charge on any atom is 0.340 e. The number of ether oxygens (including phenoxy) is 1. The number of aromatic nitrogens is 2. The third-order valence-electron chi connectivity index (χ3n) is 3.00. The van der Waals surface area contributed by atoms with Crippen molar-refractivity contribution in [2.75, 3.05) is 12.4 Å². The molecule has 0 aromatic carbocycles. The highest BCUT2D eigenvalue weighted by Crippen LogP contribution is 2.28. The van der Waals surface area contributed by atoms with Gasteiger partial charge in [-0.15, -0.1) is 11.3 Å². The van der Waals surface area contributed by atoms with Crippen LogP contribution in [0.1, 0.15) is 38.2 Å². The van der Waals surface area contributed by atoms with Gasteiger partial charge in [0.05, 0.1) is 23.9 Å². The second-order valence-electron chi connectivity index (χ2n) is 4.53. The number of carbonyl (C=O) groups is 2. The summed E-state index contributed by atoms with van der Waals surface area (Å²) in [6, 6.07) is 1.70. The molecule has 1 amide bonds. The molecule has 2 heterocycles. The normalized spacial score (nSPS) is 10.5. The molecule has 0 spiro atoms. The van der Waals surface area contributed by atoms with E-state index in [2.05, 4.69) is 10.4 Å².